The highest BCUT2D eigenvalue weighted by Gasteiger charge is 2.29. The zero-order valence-electron chi connectivity index (χ0n) is 16.3. The largest absolute Gasteiger partial charge is 0.522 e. The van der Waals surface area contributed by atoms with Gasteiger partial charge in [-0.15, -0.1) is 13.2 Å². The molecule has 0 unspecified atom stereocenters. The van der Waals surface area contributed by atoms with Gasteiger partial charge in [-0.05, 0) is 51.7 Å². The van der Waals surface area contributed by atoms with E-state index in [1.54, 1.807) is 13.8 Å². The van der Waals surface area contributed by atoms with E-state index in [0.29, 0.717) is 36.9 Å². The van der Waals surface area contributed by atoms with Gasteiger partial charge in [0.05, 0.1) is 17.7 Å². The molecule has 0 aliphatic heterocycles. The number of aliphatic imine (C=N–C) groups is 1. The van der Waals surface area contributed by atoms with Crippen molar-refractivity contribution in [2.24, 2.45) is 4.99 Å². The van der Waals surface area contributed by atoms with Gasteiger partial charge in [0.15, 0.2) is 0 Å². The number of alkyl halides is 3. The Kier molecular flexibility index (Phi) is 7.01. The summed E-state index contributed by atoms with van der Waals surface area (Å²) in [4.78, 5) is 8.69. The summed E-state index contributed by atoms with van der Waals surface area (Å²) in [7, 11) is 0. The smallest absolute Gasteiger partial charge is 0.390 e. The molecule has 2 aromatic rings. The number of para-hydroxylation sites is 1. The fourth-order valence-electron chi connectivity index (χ4n) is 2.90. The van der Waals surface area contributed by atoms with Gasteiger partial charge in [-0.25, -0.2) is 4.98 Å². The van der Waals surface area contributed by atoms with Crippen LogP contribution in [0.5, 0.6) is 0 Å². The highest BCUT2D eigenvalue weighted by molar-refractivity contribution is 5.94. The number of hydrogen-bond donors (Lipinski definition) is 2. The molecule has 2 rings (SSSR count). The predicted octanol–water partition coefficient (Wildman–Crippen LogP) is 5.07. The fourth-order valence-corrected chi connectivity index (χ4v) is 2.90. The van der Waals surface area contributed by atoms with E-state index in [1.807, 2.05) is 31.2 Å². The Bertz CT molecular complexity index is 843. The first kappa shape index (κ1) is 22.1. The molecule has 0 aliphatic carbocycles. The van der Waals surface area contributed by atoms with Gasteiger partial charge in [-0.1, -0.05) is 24.6 Å². The van der Waals surface area contributed by atoms with Crippen LogP contribution in [0, 0.1) is 6.92 Å². The van der Waals surface area contributed by atoms with Crippen LogP contribution in [-0.2, 0) is 4.74 Å². The van der Waals surface area contributed by atoms with Crippen molar-refractivity contribution in [2.75, 3.05) is 12.3 Å². The van der Waals surface area contributed by atoms with Gasteiger partial charge in [0.2, 0.25) is 0 Å². The number of benzene rings is 1. The molecule has 8 heteroatoms. The molecule has 154 valence electrons. The summed E-state index contributed by atoms with van der Waals surface area (Å²) in [5, 5.41) is 10.6. The van der Waals surface area contributed by atoms with Gasteiger partial charge >= 0.3 is 6.36 Å². The molecular formula is C20H26F3N3O2. The Hall–Kier alpha value is -2.19. The van der Waals surface area contributed by atoms with Crippen molar-refractivity contribution in [1.29, 1.82) is 0 Å². The van der Waals surface area contributed by atoms with E-state index in [1.165, 1.54) is 0 Å². The molecule has 0 bridgehead atoms. The molecule has 0 saturated heterocycles. The van der Waals surface area contributed by atoms with Crippen LogP contribution >= 0.6 is 0 Å². The van der Waals surface area contributed by atoms with Gasteiger partial charge in [0, 0.05) is 11.1 Å². The van der Waals surface area contributed by atoms with Crippen molar-refractivity contribution >= 4 is 28.1 Å². The number of nitrogen functional groups attached to an aromatic ring is 1. The van der Waals surface area contributed by atoms with Gasteiger partial charge in [-0.2, -0.15) is 0 Å². The summed E-state index contributed by atoms with van der Waals surface area (Å²) < 4.78 is 41.5. The fraction of sp³-hybridized carbons (Fsp3) is 0.500. The number of nitrogens with two attached hydrogens (primary N) is 1. The number of aliphatic hydroxyl groups is 1. The number of aryl methyl sites for hydroxylation is 1. The van der Waals surface area contributed by atoms with Crippen molar-refractivity contribution in [2.45, 2.75) is 58.4 Å². The molecule has 0 saturated carbocycles. The maximum atomic E-state index is 12.5. The molecule has 0 fully saturated rings. The molecule has 0 radical (unpaired) electrons. The summed E-state index contributed by atoms with van der Waals surface area (Å²) in [5.74, 6) is 0.164. The van der Waals surface area contributed by atoms with E-state index in [4.69, 9.17) is 5.73 Å². The van der Waals surface area contributed by atoms with Crippen LogP contribution in [0.1, 0.15) is 45.1 Å². The minimum atomic E-state index is -4.74. The van der Waals surface area contributed by atoms with Crippen molar-refractivity contribution in [3.8, 4) is 0 Å². The lowest BCUT2D eigenvalue weighted by Crippen LogP contribution is -2.20. The molecule has 5 nitrogen and oxygen atoms in total. The summed E-state index contributed by atoms with van der Waals surface area (Å²) in [6.45, 7) is 4.53. The molecule has 1 aromatic heterocycles. The van der Waals surface area contributed by atoms with E-state index < -0.39 is 18.6 Å². The van der Waals surface area contributed by atoms with Gasteiger partial charge in [0.25, 0.3) is 0 Å². The van der Waals surface area contributed by atoms with E-state index in [2.05, 4.69) is 14.7 Å². The predicted molar refractivity (Wildman–Crippen MR) is 105 cm³/mol. The van der Waals surface area contributed by atoms with Gasteiger partial charge in [-0.3, -0.25) is 9.73 Å². The van der Waals surface area contributed by atoms with Crippen LogP contribution in [0.25, 0.3) is 10.9 Å². The number of hydrogen-bond acceptors (Lipinski definition) is 5. The molecule has 1 aromatic carbocycles. The van der Waals surface area contributed by atoms with Crippen LogP contribution in [0.15, 0.2) is 29.3 Å². The first-order valence-corrected chi connectivity index (χ1v) is 9.10. The minimum absolute atomic E-state index is 0.164. The van der Waals surface area contributed by atoms with Crippen LogP contribution < -0.4 is 5.73 Å². The Labute approximate surface area is 162 Å². The third kappa shape index (κ3) is 6.76. The SMILES string of the molecule is Cc1c(N=C(CCCCC(C)(C)O)COC(F)(F)F)c(N)nc2ccccc12. The lowest BCUT2D eigenvalue weighted by Gasteiger charge is -2.17. The van der Waals surface area contributed by atoms with Gasteiger partial charge < -0.3 is 10.8 Å². The van der Waals surface area contributed by atoms with Gasteiger partial charge in [0.1, 0.15) is 11.5 Å². The zero-order valence-corrected chi connectivity index (χ0v) is 16.3. The number of ether oxygens (including phenoxy) is 1. The van der Waals surface area contributed by atoms with E-state index >= 15 is 0 Å². The highest BCUT2D eigenvalue weighted by atomic mass is 19.4. The van der Waals surface area contributed by atoms with E-state index in [0.717, 1.165) is 10.9 Å². The maximum Gasteiger partial charge on any atom is 0.522 e. The second-order valence-electron chi connectivity index (χ2n) is 7.42. The van der Waals surface area contributed by atoms with Crippen LogP contribution in [0.2, 0.25) is 0 Å². The molecular weight excluding hydrogens is 371 g/mol. The number of unbranched alkanes of at least 4 members (excludes halogenated alkanes) is 1. The average molecular weight is 397 g/mol. The molecule has 0 amide bonds. The molecule has 3 N–H and O–H groups in total. The average Bonchev–Trinajstić information content (AvgIpc) is 2.57. The highest BCUT2D eigenvalue weighted by Crippen LogP contribution is 2.32. The Morgan fingerprint density at radius 1 is 1.21 bits per heavy atom. The molecule has 28 heavy (non-hydrogen) atoms. The number of fused-ring (bicyclic) bond motifs is 1. The lowest BCUT2D eigenvalue weighted by molar-refractivity contribution is -0.317. The van der Waals surface area contributed by atoms with E-state index in [-0.39, 0.29) is 11.5 Å². The third-order valence-corrected chi connectivity index (χ3v) is 4.32. The Morgan fingerprint density at radius 2 is 1.89 bits per heavy atom. The molecule has 0 aliphatic rings. The van der Waals surface area contributed by atoms with Crippen molar-refractivity contribution in [3.63, 3.8) is 0 Å². The number of nitrogens with zero attached hydrogens (tertiary/aromatic N) is 2. The topological polar surface area (TPSA) is 80.7 Å². The molecule has 0 atom stereocenters. The third-order valence-electron chi connectivity index (χ3n) is 4.32. The van der Waals surface area contributed by atoms with Crippen LogP contribution in [-0.4, -0.2) is 34.4 Å². The number of rotatable bonds is 8. The monoisotopic (exact) mass is 397 g/mol. The number of pyridine rings is 1. The summed E-state index contributed by atoms with van der Waals surface area (Å²) >= 11 is 0. The summed E-state index contributed by atoms with van der Waals surface area (Å²) in [6, 6.07) is 7.37. The van der Waals surface area contributed by atoms with Crippen molar-refractivity contribution < 1.29 is 23.0 Å². The first-order chi connectivity index (χ1) is 13.0. The number of aromatic nitrogens is 1. The summed E-state index contributed by atoms with van der Waals surface area (Å²) in [5.41, 5.74) is 7.26. The number of halogens is 3. The maximum absolute atomic E-state index is 12.5. The first-order valence-electron chi connectivity index (χ1n) is 9.10. The van der Waals surface area contributed by atoms with Crippen LogP contribution in [0.4, 0.5) is 24.7 Å². The standard InChI is InChI=1S/C20H26F3N3O2/c1-13-15-9-4-5-10-16(15)26-18(24)17(13)25-14(12-28-20(21,22)23)8-6-7-11-19(2,3)27/h4-5,9-10,27H,6-8,11-12H2,1-3H3,(H2,24,26). The molecule has 1 heterocycles. The van der Waals surface area contributed by atoms with Crippen molar-refractivity contribution in [3.05, 3.63) is 29.8 Å². The molecule has 0 spiro atoms. The number of anilines is 1. The quantitative estimate of drug-likeness (QED) is 0.482. The Morgan fingerprint density at radius 3 is 2.54 bits per heavy atom. The second-order valence-corrected chi connectivity index (χ2v) is 7.42. The summed E-state index contributed by atoms with van der Waals surface area (Å²) in [6.07, 6.45) is -2.67. The van der Waals surface area contributed by atoms with Crippen LogP contribution in [0.3, 0.4) is 0 Å². The lowest BCUT2D eigenvalue weighted by atomic mass is 10.00. The van der Waals surface area contributed by atoms with E-state index in [9.17, 15) is 18.3 Å². The second kappa shape index (κ2) is 8.87. The zero-order chi connectivity index (χ0) is 20.9. The minimum Gasteiger partial charge on any atom is -0.390 e. The Balaban J connectivity index is 2.28. The van der Waals surface area contributed by atoms with Crippen molar-refractivity contribution in [1.82, 2.24) is 4.98 Å². The normalized spacial score (nSPS) is 13.3.